The number of carbonyl (C=O) groups is 1. The van der Waals surface area contributed by atoms with E-state index in [1.807, 2.05) is 57.2 Å². The van der Waals surface area contributed by atoms with Gasteiger partial charge in [0.25, 0.3) is 0 Å². The lowest BCUT2D eigenvalue weighted by molar-refractivity contribution is -0.139. The van der Waals surface area contributed by atoms with Gasteiger partial charge in [0.05, 0.1) is 32.3 Å². The van der Waals surface area contributed by atoms with Crippen molar-refractivity contribution in [1.82, 2.24) is 0 Å². The molecule has 0 fully saturated rings. The second-order valence-electron chi connectivity index (χ2n) is 5.69. The summed E-state index contributed by atoms with van der Waals surface area (Å²) in [6.45, 7) is 6.32. The Morgan fingerprint density at radius 1 is 1.26 bits per heavy atom. The minimum Gasteiger partial charge on any atom is -0.469 e. The molecule has 0 aliphatic heterocycles. The lowest BCUT2D eigenvalue weighted by Gasteiger charge is -2.27. The Kier molecular flexibility index (Phi) is 8.59. The number of benzene rings is 1. The fourth-order valence-corrected chi connectivity index (χ4v) is 2.48. The highest BCUT2D eigenvalue weighted by Crippen LogP contribution is 2.22. The van der Waals surface area contributed by atoms with E-state index >= 15 is 0 Å². The molecule has 0 saturated heterocycles. The highest BCUT2D eigenvalue weighted by Gasteiger charge is 2.24. The van der Waals surface area contributed by atoms with Gasteiger partial charge in [0.2, 0.25) is 0 Å². The van der Waals surface area contributed by atoms with E-state index in [1.165, 1.54) is 7.11 Å². The first-order chi connectivity index (χ1) is 11.0. The number of aliphatic hydroxyl groups excluding tert-OH is 1. The molecule has 3 atom stereocenters. The number of hydrogen-bond acceptors (Lipinski definition) is 4. The molecule has 1 aromatic carbocycles. The third kappa shape index (κ3) is 6.55. The van der Waals surface area contributed by atoms with Crippen molar-refractivity contribution >= 4 is 5.97 Å². The lowest BCUT2D eigenvalue weighted by Crippen LogP contribution is -2.33. The molecule has 0 saturated carbocycles. The van der Waals surface area contributed by atoms with Crippen molar-refractivity contribution in [2.45, 2.75) is 52.4 Å². The largest absolute Gasteiger partial charge is 0.469 e. The molecular formula is C19H28O4. The summed E-state index contributed by atoms with van der Waals surface area (Å²) in [6, 6.07) is 9.89. The summed E-state index contributed by atoms with van der Waals surface area (Å²) in [4.78, 5) is 11.3. The van der Waals surface area contributed by atoms with Crippen LogP contribution in [0.3, 0.4) is 0 Å². The monoisotopic (exact) mass is 320 g/mol. The quantitative estimate of drug-likeness (QED) is 0.559. The van der Waals surface area contributed by atoms with Gasteiger partial charge >= 0.3 is 5.97 Å². The molecule has 0 bridgehead atoms. The van der Waals surface area contributed by atoms with Gasteiger partial charge in [-0.15, -0.1) is 0 Å². The molecule has 128 valence electrons. The van der Waals surface area contributed by atoms with Crippen LogP contribution in [-0.4, -0.2) is 30.4 Å². The first-order valence-electron chi connectivity index (χ1n) is 8.08. The number of ether oxygens (including phenoxy) is 2. The van der Waals surface area contributed by atoms with Crippen molar-refractivity contribution in [1.29, 1.82) is 0 Å². The number of rotatable bonds is 9. The number of methoxy groups -OCH3 is 1. The van der Waals surface area contributed by atoms with Gasteiger partial charge in [0.15, 0.2) is 0 Å². The van der Waals surface area contributed by atoms with Gasteiger partial charge in [-0.1, -0.05) is 55.8 Å². The molecule has 1 rings (SSSR count). The molecule has 1 N–H and O–H groups in total. The zero-order valence-electron chi connectivity index (χ0n) is 14.5. The summed E-state index contributed by atoms with van der Waals surface area (Å²) in [7, 11) is 1.37. The molecule has 0 spiro atoms. The summed E-state index contributed by atoms with van der Waals surface area (Å²) in [5, 5.41) is 10.5. The van der Waals surface area contributed by atoms with Gasteiger partial charge in [-0.25, -0.2) is 0 Å². The normalized spacial score (nSPS) is 15.8. The summed E-state index contributed by atoms with van der Waals surface area (Å²) in [5.41, 5.74) is 2.12. The van der Waals surface area contributed by atoms with E-state index in [-0.39, 0.29) is 24.4 Å². The van der Waals surface area contributed by atoms with E-state index < -0.39 is 6.10 Å². The Morgan fingerprint density at radius 3 is 2.48 bits per heavy atom. The Bertz CT molecular complexity index is 495. The van der Waals surface area contributed by atoms with Crippen molar-refractivity contribution in [2.75, 3.05) is 7.11 Å². The second kappa shape index (κ2) is 10.2. The maximum absolute atomic E-state index is 11.3. The van der Waals surface area contributed by atoms with E-state index in [0.29, 0.717) is 6.61 Å². The van der Waals surface area contributed by atoms with Gasteiger partial charge in [-0.3, -0.25) is 4.79 Å². The van der Waals surface area contributed by atoms with E-state index in [2.05, 4.69) is 4.74 Å². The highest BCUT2D eigenvalue weighted by molar-refractivity contribution is 5.71. The van der Waals surface area contributed by atoms with Crippen LogP contribution >= 0.6 is 0 Å². The van der Waals surface area contributed by atoms with Crippen LogP contribution in [0.1, 0.15) is 39.2 Å². The van der Waals surface area contributed by atoms with E-state index in [1.54, 1.807) is 0 Å². The van der Waals surface area contributed by atoms with Crippen LogP contribution < -0.4 is 0 Å². The molecular weight excluding hydrogens is 292 g/mol. The Morgan fingerprint density at radius 2 is 1.91 bits per heavy atom. The fraction of sp³-hybridized carbons (Fsp3) is 0.526. The molecule has 0 radical (unpaired) electrons. The number of carbonyl (C=O) groups excluding carboxylic acids is 1. The minimum absolute atomic E-state index is 0.0737. The summed E-state index contributed by atoms with van der Waals surface area (Å²) < 4.78 is 10.4. The maximum Gasteiger partial charge on any atom is 0.309 e. The molecule has 4 heteroatoms. The summed E-state index contributed by atoms with van der Waals surface area (Å²) in [5.74, 6) is -0.346. The number of hydrogen-bond donors (Lipinski definition) is 1. The standard InChI is InChI=1S/C19H28O4/c1-5-17(11-12-18(20)22-4)14(2)19(21)15(3)23-13-16-9-7-6-8-10-16/h6-11,14-15,19,21H,5,12-13H2,1-4H3/b17-11+/t14-,15+,19+/m1/s1. The van der Waals surface area contributed by atoms with Crippen LogP contribution in [0.15, 0.2) is 42.0 Å². The van der Waals surface area contributed by atoms with E-state index in [0.717, 1.165) is 17.6 Å². The van der Waals surface area contributed by atoms with Gasteiger partial charge in [0, 0.05) is 5.92 Å². The van der Waals surface area contributed by atoms with Crippen LogP contribution in [0.2, 0.25) is 0 Å². The molecule has 0 aliphatic carbocycles. The fourth-order valence-electron chi connectivity index (χ4n) is 2.48. The van der Waals surface area contributed by atoms with Crippen molar-refractivity contribution in [3.63, 3.8) is 0 Å². The van der Waals surface area contributed by atoms with E-state index in [9.17, 15) is 9.90 Å². The smallest absolute Gasteiger partial charge is 0.309 e. The van der Waals surface area contributed by atoms with Gasteiger partial charge in [0.1, 0.15) is 0 Å². The first-order valence-corrected chi connectivity index (χ1v) is 8.08. The molecule has 0 heterocycles. The molecule has 1 aromatic rings. The SMILES string of the molecule is CC/C(=C\CC(=O)OC)[C@@H](C)[C@H](O)[C@H](C)OCc1ccccc1. The molecule has 4 nitrogen and oxygen atoms in total. The third-order valence-corrected chi connectivity index (χ3v) is 4.10. The van der Waals surface area contributed by atoms with Crippen LogP contribution in [0, 0.1) is 5.92 Å². The topological polar surface area (TPSA) is 55.8 Å². The van der Waals surface area contributed by atoms with Crippen molar-refractivity contribution < 1.29 is 19.4 Å². The number of aliphatic hydroxyl groups is 1. The van der Waals surface area contributed by atoms with E-state index in [4.69, 9.17) is 4.74 Å². The van der Waals surface area contributed by atoms with Gasteiger partial charge < -0.3 is 14.6 Å². The Labute approximate surface area is 139 Å². The summed E-state index contributed by atoms with van der Waals surface area (Å²) >= 11 is 0. The molecule has 0 unspecified atom stereocenters. The summed E-state index contributed by atoms with van der Waals surface area (Å²) in [6.07, 6.45) is 1.95. The van der Waals surface area contributed by atoms with Crippen LogP contribution in [0.5, 0.6) is 0 Å². The van der Waals surface area contributed by atoms with Gasteiger partial charge in [-0.2, -0.15) is 0 Å². The second-order valence-corrected chi connectivity index (χ2v) is 5.69. The average molecular weight is 320 g/mol. The lowest BCUT2D eigenvalue weighted by atomic mass is 9.90. The Balaban J connectivity index is 2.58. The van der Waals surface area contributed by atoms with Crippen LogP contribution in [0.25, 0.3) is 0 Å². The van der Waals surface area contributed by atoms with Crippen LogP contribution in [-0.2, 0) is 20.9 Å². The first kappa shape index (κ1) is 19.4. The maximum atomic E-state index is 11.3. The zero-order chi connectivity index (χ0) is 17.2. The Hall–Kier alpha value is -1.65. The van der Waals surface area contributed by atoms with Crippen molar-refractivity contribution in [2.24, 2.45) is 5.92 Å². The molecule has 0 aliphatic rings. The number of esters is 1. The van der Waals surface area contributed by atoms with Gasteiger partial charge in [-0.05, 0) is 18.9 Å². The average Bonchev–Trinajstić information content (AvgIpc) is 2.59. The van der Waals surface area contributed by atoms with Crippen molar-refractivity contribution in [3.8, 4) is 0 Å². The van der Waals surface area contributed by atoms with Crippen LogP contribution in [0.4, 0.5) is 0 Å². The zero-order valence-corrected chi connectivity index (χ0v) is 14.5. The predicted molar refractivity (Wildman–Crippen MR) is 90.9 cm³/mol. The third-order valence-electron chi connectivity index (χ3n) is 4.10. The molecule has 0 amide bonds. The minimum atomic E-state index is -0.623. The highest BCUT2D eigenvalue weighted by atomic mass is 16.5. The van der Waals surface area contributed by atoms with Crippen molar-refractivity contribution in [3.05, 3.63) is 47.5 Å². The predicted octanol–water partition coefficient (Wildman–Crippen LogP) is 3.49. The molecule has 0 aromatic heterocycles. The molecule has 23 heavy (non-hydrogen) atoms.